The van der Waals surface area contributed by atoms with Crippen LogP contribution < -0.4 is 0 Å². The monoisotopic (exact) mass is 251 g/mol. The van der Waals surface area contributed by atoms with Crippen LogP contribution in [0, 0.1) is 0 Å². The van der Waals surface area contributed by atoms with E-state index in [2.05, 4.69) is 11.1 Å². The number of nitrogens with zero attached hydrogens (tertiary/aromatic N) is 1. The molecule has 1 aliphatic rings. The van der Waals surface area contributed by atoms with Crippen molar-refractivity contribution in [2.45, 2.75) is 61.7 Å². The van der Waals surface area contributed by atoms with Gasteiger partial charge in [-0.25, -0.2) is 0 Å². The van der Waals surface area contributed by atoms with E-state index in [-0.39, 0.29) is 0 Å². The third-order valence-corrected chi connectivity index (χ3v) is 4.66. The molecule has 0 aliphatic heterocycles. The van der Waals surface area contributed by atoms with E-state index in [1.54, 1.807) is 0 Å². The molecule has 94 valence electrons. The minimum absolute atomic E-state index is 0.413. The fourth-order valence-electron chi connectivity index (χ4n) is 2.24. The van der Waals surface area contributed by atoms with Crippen LogP contribution in [0.25, 0.3) is 0 Å². The van der Waals surface area contributed by atoms with Gasteiger partial charge in [0.05, 0.1) is 11.8 Å². The summed E-state index contributed by atoms with van der Waals surface area (Å²) in [5.74, 6) is 0. The van der Waals surface area contributed by atoms with Gasteiger partial charge < -0.3 is 5.11 Å². The van der Waals surface area contributed by atoms with Gasteiger partial charge in [0, 0.05) is 16.3 Å². The molecule has 0 saturated heterocycles. The van der Waals surface area contributed by atoms with Crippen LogP contribution in [-0.2, 0) is 0 Å². The molecule has 3 heteroatoms. The number of hydrogen-bond donors (Lipinski definition) is 1. The Balaban J connectivity index is 1.93. The quantitative estimate of drug-likeness (QED) is 0.879. The van der Waals surface area contributed by atoms with E-state index in [9.17, 15) is 5.11 Å². The number of aliphatic hydroxyl groups excluding tert-OH is 1. The molecule has 17 heavy (non-hydrogen) atoms. The summed E-state index contributed by atoms with van der Waals surface area (Å²) in [7, 11) is 0. The maximum atomic E-state index is 9.67. The zero-order valence-electron chi connectivity index (χ0n) is 10.4. The molecule has 1 atom stereocenters. The molecule has 0 radical (unpaired) electrons. The van der Waals surface area contributed by atoms with Crippen molar-refractivity contribution in [1.82, 2.24) is 4.98 Å². The van der Waals surface area contributed by atoms with Crippen molar-refractivity contribution in [3.63, 3.8) is 0 Å². The van der Waals surface area contributed by atoms with Crippen molar-refractivity contribution < 1.29 is 5.11 Å². The first-order valence-corrected chi connectivity index (χ1v) is 7.48. The molecule has 1 aromatic heterocycles. The van der Waals surface area contributed by atoms with Crippen molar-refractivity contribution >= 4 is 11.8 Å². The fraction of sp³-hybridized carbons (Fsp3) is 0.643. The van der Waals surface area contributed by atoms with Crippen LogP contribution in [0.2, 0.25) is 0 Å². The second kappa shape index (κ2) is 6.41. The first-order valence-electron chi connectivity index (χ1n) is 6.60. The zero-order valence-corrected chi connectivity index (χ0v) is 11.2. The maximum Gasteiger partial charge on any atom is 0.0957 e. The van der Waals surface area contributed by atoms with Gasteiger partial charge in [0.15, 0.2) is 0 Å². The Bertz CT molecular complexity index is 333. The van der Waals surface area contributed by atoms with Crippen molar-refractivity contribution in [3.05, 3.63) is 24.0 Å². The van der Waals surface area contributed by atoms with Crippen LogP contribution in [0.4, 0.5) is 0 Å². The van der Waals surface area contributed by atoms with Gasteiger partial charge in [-0.3, -0.25) is 4.98 Å². The first-order chi connectivity index (χ1) is 8.29. The largest absolute Gasteiger partial charge is 0.387 e. The van der Waals surface area contributed by atoms with Crippen LogP contribution in [0.5, 0.6) is 0 Å². The van der Waals surface area contributed by atoms with Crippen LogP contribution >= 0.6 is 11.8 Å². The number of hydrogen-bond acceptors (Lipinski definition) is 3. The van der Waals surface area contributed by atoms with E-state index in [1.165, 1.54) is 37.0 Å². The summed E-state index contributed by atoms with van der Waals surface area (Å²) in [5, 5.41) is 10.4. The third kappa shape index (κ3) is 3.71. The molecule has 1 aromatic rings. The summed E-state index contributed by atoms with van der Waals surface area (Å²) in [6, 6.07) is 4.06. The van der Waals surface area contributed by atoms with Crippen LogP contribution in [0.15, 0.2) is 23.2 Å². The average molecular weight is 251 g/mol. The van der Waals surface area contributed by atoms with E-state index >= 15 is 0 Å². The number of pyridine rings is 1. The van der Waals surface area contributed by atoms with Gasteiger partial charge in [-0.15, -0.1) is 11.8 Å². The zero-order chi connectivity index (χ0) is 12.1. The lowest BCUT2D eigenvalue weighted by Gasteiger charge is -2.20. The SMILES string of the molecule is CCC(O)c1ccc(SC2CCCCC2)cn1. The summed E-state index contributed by atoms with van der Waals surface area (Å²) in [6.07, 6.45) is 9.04. The van der Waals surface area contributed by atoms with Crippen LogP contribution in [-0.4, -0.2) is 15.3 Å². The Kier molecular flexibility index (Phi) is 4.86. The molecule has 0 amide bonds. The number of aliphatic hydroxyl groups is 1. The standard InChI is InChI=1S/C14H21NOS/c1-2-14(16)13-9-8-12(10-15-13)17-11-6-4-3-5-7-11/h8-11,14,16H,2-7H2,1H3. The minimum atomic E-state index is -0.413. The second-order valence-corrected chi connectivity index (χ2v) is 6.09. The number of thioether (sulfide) groups is 1. The average Bonchev–Trinajstić information content (AvgIpc) is 2.40. The van der Waals surface area contributed by atoms with E-state index in [1.807, 2.05) is 30.9 Å². The van der Waals surface area contributed by atoms with Gasteiger partial charge in [-0.05, 0) is 31.4 Å². The van der Waals surface area contributed by atoms with E-state index in [4.69, 9.17) is 0 Å². The Morgan fingerprint density at radius 3 is 2.71 bits per heavy atom. The molecule has 1 aliphatic carbocycles. The molecular formula is C14H21NOS. The Labute approximate surface area is 108 Å². The summed E-state index contributed by atoms with van der Waals surface area (Å²) >= 11 is 1.95. The molecule has 1 fully saturated rings. The molecule has 0 aromatic carbocycles. The summed E-state index contributed by atoms with van der Waals surface area (Å²) < 4.78 is 0. The van der Waals surface area contributed by atoms with Gasteiger partial charge in [-0.1, -0.05) is 26.2 Å². The van der Waals surface area contributed by atoms with Gasteiger partial charge in [0.2, 0.25) is 0 Å². The molecule has 0 bridgehead atoms. The summed E-state index contributed by atoms with van der Waals surface area (Å²) in [5.41, 5.74) is 0.792. The third-order valence-electron chi connectivity index (χ3n) is 3.34. The highest BCUT2D eigenvalue weighted by Crippen LogP contribution is 2.33. The maximum absolute atomic E-state index is 9.67. The minimum Gasteiger partial charge on any atom is -0.387 e. The lowest BCUT2D eigenvalue weighted by molar-refractivity contribution is 0.169. The Hall–Kier alpha value is -0.540. The van der Waals surface area contributed by atoms with Crippen LogP contribution in [0.1, 0.15) is 57.2 Å². The van der Waals surface area contributed by atoms with Crippen molar-refractivity contribution in [2.24, 2.45) is 0 Å². The highest BCUT2D eigenvalue weighted by molar-refractivity contribution is 8.00. The molecule has 1 unspecified atom stereocenters. The fourth-order valence-corrected chi connectivity index (χ4v) is 3.46. The second-order valence-electron chi connectivity index (χ2n) is 4.72. The predicted octanol–water partition coefficient (Wildman–Crippen LogP) is 3.95. The molecule has 0 spiro atoms. The Morgan fingerprint density at radius 1 is 1.35 bits per heavy atom. The van der Waals surface area contributed by atoms with Gasteiger partial charge in [0.1, 0.15) is 0 Å². The van der Waals surface area contributed by atoms with Crippen LogP contribution in [0.3, 0.4) is 0 Å². The predicted molar refractivity (Wildman–Crippen MR) is 72.2 cm³/mol. The molecule has 1 N–H and O–H groups in total. The summed E-state index contributed by atoms with van der Waals surface area (Å²) in [6.45, 7) is 1.97. The van der Waals surface area contributed by atoms with E-state index in [0.29, 0.717) is 0 Å². The Morgan fingerprint density at radius 2 is 2.12 bits per heavy atom. The highest BCUT2D eigenvalue weighted by atomic mass is 32.2. The lowest BCUT2D eigenvalue weighted by atomic mass is 10.0. The van der Waals surface area contributed by atoms with Gasteiger partial charge >= 0.3 is 0 Å². The smallest absolute Gasteiger partial charge is 0.0957 e. The first kappa shape index (κ1) is 12.9. The highest BCUT2D eigenvalue weighted by Gasteiger charge is 2.15. The molecule has 1 saturated carbocycles. The normalized spacial score (nSPS) is 19.2. The van der Waals surface area contributed by atoms with Gasteiger partial charge in [0.25, 0.3) is 0 Å². The molecule has 1 heterocycles. The molecular weight excluding hydrogens is 230 g/mol. The number of aromatic nitrogens is 1. The number of rotatable bonds is 4. The van der Waals surface area contributed by atoms with Gasteiger partial charge in [-0.2, -0.15) is 0 Å². The summed E-state index contributed by atoms with van der Waals surface area (Å²) in [4.78, 5) is 5.58. The lowest BCUT2D eigenvalue weighted by Crippen LogP contribution is -2.07. The molecule has 2 rings (SSSR count). The van der Waals surface area contributed by atoms with E-state index in [0.717, 1.165) is 17.4 Å². The van der Waals surface area contributed by atoms with Crippen molar-refractivity contribution in [2.75, 3.05) is 0 Å². The van der Waals surface area contributed by atoms with E-state index < -0.39 is 6.10 Å². The topological polar surface area (TPSA) is 33.1 Å². The van der Waals surface area contributed by atoms with Crippen molar-refractivity contribution in [3.8, 4) is 0 Å². The van der Waals surface area contributed by atoms with Crippen molar-refractivity contribution in [1.29, 1.82) is 0 Å². The molecule has 2 nitrogen and oxygen atoms in total.